The van der Waals surface area contributed by atoms with E-state index in [0.29, 0.717) is 5.56 Å². The zero-order valence-electron chi connectivity index (χ0n) is 11.0. The molecular weight excluding hydrogens is 238 g/mol. The maximum atomic E-state index is 9.25. The van der Waals surface area contributed by atoms with Gasteiger partial charge in [0.25, 0.3) is 0 Å². The van der Waals surface area contributed by atoms with E-state index in [4.69, 9.17) is 5.11 Å². The lowest BCUT2D eigenvalue weighted by molar-refractivity contribution is 0.248. The van der Waals surface area contributed by atoms with Gasteiger partial charge in [0, 0.05) is 32.2 Å². The molecule has 3 rings (SSSR count). The number of nitriles is 1. The number of piperazine rings is 1. The molecule has 1 heterocycles. The number of rotatable bonds is 3. The molecule has 1 saturated heterocycles. The van der Waals surface area contributed by atoms with Crippen LogP contribution in [0.3, 0.4) is 0 Å². The Hall–Kier alpha value is -1.57. The van der Waals surface area contributed by atoms with Gasteiger partial charge in [-0.1, -0.05) is 6.07 Å². The summed E-state index contributed by atoms with van der Waals surface area (Å²) in [7, 11) is 0. The summed E-state index contributed by atoms with van der Waals surface area (Å²) in [5.74, 6) is 0. The molecule has 2 fully saturated rings. The van der Waals surface area contributed by atoms with Gasteiger partial charge in [-0.05, 0) is 30.5 Å². The Labute approximate surface area is 113 Å². The highest BCUT2D eigenvalue weighted by Gasteiger charge is 2.31. The van der Waals surface area contributed by atoms with E-state index in [9.17, 15) is 5.26 Å². The van der Waals surface area contributed by atoms with Crippen LogP contribution in [0.4, 0.5) is 5.69 Å². The van der Waals surface area contributed by atoms with Crippen LogP contribution in [0.15, 0.2) is 18.2 Å². The molecule has 2 aliphatic rings. The lowest BCUT2D eigenvalue weighted by Crippen LogP contribution is -2.47. The van der Waals surface area contributed by atoms with Crippen LogP contribution >= 0.6 is 0 Å². The van der Waals surface area contributed by atoms with E-state index in [1.807, 2.05) is 12.1 Å². The highest BCUT2D eigenvalue weighted by molar-refractivity contribution is 5.60. The zero-order valence-corrected chi connectivity index (χ0v) is 11.0. The van der Waals surface area contributed by atoms with Crippen molar-refractivity contribution in [2.45, 2.75) is 25.5 Å². The highest BCUT2D eigenvalue weighted by Crippen LogP contribution is 2.29. The summed E-state index contributed by atoms with van der Waals surface area (Å²) in [6.07, 6.45) is 2.71. The third-order valence-electron chi connectivity index (χ3n) is 4.08. The quantitative estimate of drug-likeness (QED) is 0.887. The van der Waals surface area contributed by atoms with Crippen molar-refractivity contribution < 1.29 is 5.11 Å². The summed E-state index contributed by atoms with van der Waals surface area (Å²) in [6, 6.07) is 8.75. The fourth-order valence-corrected chi connectivity index (χ4v) is 2.81. The Morgan fingerprint density at radius 3 is 2.53 bits per heavy atom. The van der Waals surface area contributed by atoms with Gasteiger partial charge in [-0.15, -0.1) is 0 Å². The van der Waals surface area contributed by atoms with Gasteiger partial charge in [0.15, 0.2) is 0 Å². The molecule has 4 nitrogen and oxygen atoms in total. The monoisotopic (exact) mass is 257 g/mol. The number of benzene rings is 1. The predicted molar refractivity (Wildman–Crippen MR) is 73.9 cm³/mol. The van der Waals surface area contributed by atoms with E-state index in [2.05, 4.69) is 15.9 Å². The number of nitrogens with zero attached hydrogens (tertiary/aromatic N) is 3. The summed E-state index contributed by atoms with van der Waals surface area (Å²) >= 11 is 0. The smallest absolute Gasteiger partial charge is 0.101 e. The van der Waals surface area contributed by atoms with Crippen molar-refractivity contribution in [1.82, 2.24) is 4.90 Å². The number of hydrogen-bond acceptors (Lipinski definition) is 4. The van der Waals surface area contributed by atoms with Crippen molar-refractivity contribution in [3.63, 3.8) is 0 Å². The van der Waals surface area contributed by atoms with Gasteiger partial charge in [0.05, 0.1) is 17.9 Å². The summed E-state index contributed by atoms with van der Waals surface area (Å²) in [4.78, 5) is 4.85. The van der Waals surface area contributed by atoms with Crippen LogP contribution in [-0.4, -0.2) is 42.2 Å². The van der Waals surface area contributed by atoms with Gasteiger partial charge in [-0.2, -0.15) is 5.26 Å². The third kappa shape index (κ3) is 2.58. The molecule has 1 aromatic carbocycles. The molecule has 100 valence electrons. The van der Waals surface area contributed by atoms with Crippen molar-refractivity contribution in [3.8, 4) is 6.07 Å². The largest absolute Gasteiger partial charge is 0.392 e. The second-order valence-corrected chi connectivity index (χ2v) is 5.38. The molecule has 0 bridgehead atoms. The molecule has 0 unspecified atom stereocenters. The van der Waals surface area contributed by atoms with Crippen LogP contribution in [0.25, 0.3) is 0 Å². The standard InChI is InChI=1S/C15H19N3O/c16-10-13-9-12(11-19)1-4-15(13)18-7-5-17(6-8-18)14-2-3-14/h1,4,9,14,19H,2-3,5-8,11H2. The fourth-order valence-electron chi connectivity index (χ4n) is 2.81. The number of aliphatic hydroxyl groups excluding tert-OH is 1. The number of anilines is 1. The van der Waals surface area contributed by atoms with Crippen molar-refractivity contribution in [1.29, 1.82) is 5.26 Å². The molecule has 1 aromatic rings. The Kier molecular flexibility index (Phi) is 3.41. The van der Waals surface area contributed by atoms with Crippen LogP contribution in [0.2, 0.25) is 0 Å². The zero-order chi connectivity index (χ0) is 13.2. The Morgan fingerprint density at radius 1 is 1.21 bits per heavy atom. The average molecular weight is 257 g/mol. The molecule has 1 N–H and O–H groups in total. The van der Waals surface area contributed by atoms with Gasteiger partial charge in [0.1, 0.15) is 6.07 Å². The summed E-state index contributed by atoms with van der Waals surface area (Å²) in [5.41, 5.74) is 2.48. The molecule has 0 spiro atoms. The van der Waals surface area contributed by atoms with E-state index in [1.54, 1.807) is 6.07 Å². The first-order chi connectivity index (χ1) is 9.31. The molecule has 19 heavy (non-hydrogen) atoms. The SMILES string of the molecule is N#Cc1cc(CO)ccc1N1CCN(C2CC2)CC1. The number of hydrogen-bond donors (Lipinski definition) is 1. The highest BCUT2D eigenvalue weighted by atomic mass is 16.3. The molecule has 1 saturated carbocycles. The van der Waals surface area contributed by atoms with Crippen LogP contribution in [0.1, 0.15) is 24.0 Å². The second-order valence-electron chi connectivity index (χ2n) is 5.38. The van der Waals surface area contributed by atoms with Gasteiger partial charge in [0.2, 0.25) is 0 Å². The lowest BCUT2D eigenvalue weighted by Gasteiger charge is -2.36. The summed E-state index contributed by atoms with van der Waals surface area (Å²) < 4.78 is 0. The van der Waals surface area contributed by atoms with Gasteiger partial charge >= 0.3 is 0 Å². The van der Waals surface area contributed by atoms with E-state index < -0.39 is 0 Å². The van der Waals surface area contributed by atoms with E-state index in [-0.39, 0.29) is 6.61 Å². The van der Waals surface area contributed by atoms with Crippen LogP contribution in [0.5, 0.6) is 0 Å². The normalized spacial score (nSPS) is 20.3. The minimum absolute atomic E-state index is 0.00951. The Morgan fingerprint density at radius 2 is 1.95 bits per heavy atom. The first kappa shape index (κ1) is 12.5. The first-order valence-corrected chi connectivity index (χ1v) is 6.94. The van der Waals surface area contributed by atoms with Crippen molar-refractivity contribution in [3.05, 3.63) is 29.3 Å². The van der Waals surface area contributed by atoms with Gasteiger partial charge < -0.3 is 10.0 Å². The third-order valence-corrected chi connectivity index (χ3v) is 4.08. The average Bonchev–Trinajstić information content (AvgIpc) is 3.31. The first-order valence-electron chi connectivity index (χ1n) is 6.94. The minimum atomic E-state index is -0.00951. The molecule has 0 atom stereocenters. The Balaban J connectivity index is 1.73. The molecular formula is C15H19N3O. The predicted octanol–water partition coefficient (Wildman–Crippen LogP) is 1.33. The molecule has 0 radical (unpaired) electrons. The summed E-state index contributed by atoms with van der Waals surface area (Å²) in [6.45, 7) is 4.16. The van der Waals surface area contributed by atoms with E-state index >= 15 is 0 Å². The van der Waals surface area contributed by atoms with Gasteiger partial charge in [-0.25, -0.2) is 0 Å². The molecule has 0 aromatic heterocycles. The Bertz CT molecular complexity index is 497. The lowest BCUT2D eigenvalue weighted by atomic mass is 10.1. The van der Waals surface area contributed by atoms with Crippen LogP contribution in [0, 0.1) is 11.3 Å². The van der Waals surface area contributed by atoms with E-state index in [1.165, 1.54) is 12.8 Å². The van der Waals surface area contributed by atoms with E-state index in [0.717, 1.165) is 43.5 Å². The number of aliphatic hydroxyl groups is 1. The van der Waals surface area contributed by atoms with Crippen LogP contribution < -0.4 is 4.90 Å². The van der Waals surface area contributed by atoms with Crippen molar-refractivity contribution in [2.75, 3.05) is 31.1 Å². The van der Waals surface area contributed by atoms with Crippen molar-refractivity contribution in [2.24, 2.45) is 0 Å². The van der Waals surface area contributed by atoms with Crippen LogP contribution in [-0.2, 0) is 6.61 Å². The molecule has 4 heteroatoms. The minimum Gasteiger partial charge on any atom is -0.392 e. The molecule has 1 aliphatic heterocycles. The van der Waals surface area contributed by atoms with Crippen molar-refractivity contribution >= 4 is 5.69 Å². The topological polar surface area (TPSA) is 50.5 Å². The molecule has 0 amide bonds. The molecule has 1 aliphatic carbocycles. The fraction of sp³-hybridized carbons (Fsp3) is 0.533. The second kappa shape index (κ2) is 5.20. The summed E-state index contributed by atoms with van der Waals surface area (Å²) in [5, 5.41) is 18.4. The maximum Gasteiger partial charge on any atom is 0.101 e. The van der Waals surface area contributed by atoms with Gasteiger partial charge in [-0.3, -0.25) is 4.90 Å². The maximum absolute atomic E-state index is 9.25.